The minimum atomic E-state index is -0.108. The standard InChI is InChI=1S/C26H27N7O/c34-25-19-7-1-2-8-20(19)29-26(30-25)27-12-6-13-31-15-17-32(18-16-31)24-23-11-5-14-33(23)22-10-4-3-9-21(22)28-24/h1-5,7-11,14H,6,12-13,15-18H2,(H2,27,29,30,34). The summed E-state index contributed by atoms with van der Waals surface area (Å²) in [7, 11) is 0. The summed E-state index contributed by atoms with van der Waals surface area (Å²) >= 11 is 0. The van der Waals surface area contributed by atoms with E-state index >= 15 is 0 Å². The van der Waals surface area contributed by atoms with Crippen molar-refractivity contribution in [2.75, 3.05) is 49.5 Å². The number of aromatic nitrogens is 4. The number of H-pyrrole nitrogens is 1. The Balaban J connectivity index is 1.05. The zero-order valence-electron chi connectivity index (χ0n) is 18.9. The van der Waals surface area contributed by atoms with Crippen molar-refractivity contribution >= 4 is 39.2 Å². The molecule has 1 fully saturated rings. The van der Waals surface area contributed by atoms with E-state index < -0.39 is 0 Å². The van der Waals surface area contributed by atoms with Gasteiger partial charge in [-0.1, -0.05) is 24.3 Å². The number of rotatable bonds is 6. The molecule has 0 spiro atoms. The molecule has 6 rings (SSSR count). The Hall–Kier alpha value is -3.91. The highest BCUT2D eigenvalue weighted by molar-refractivity contribution is 5.85. The number of para-hydroxylation sites is 3. The van der Waals surface area contributed by atoms with Gasteiger partial charge in [0.05, 0.1) is 27.5 Å². The van der Waals surface area contributed by atoms with Crippen molar-refractivity contribution in [3.63, 3.8) is 0 Å². The van der Waals surface area contributed by atoms with E-state index in [1.165, 1.54) is 0 Å². The molecule has 8 heteroatoms. The third-order valence-electron chi connectivity index (χ3n) is 6.57. The molecule has 4 heterocycles. The number of hydrogen-bond acceptors (Lipinski definition) is 6. The first-order valence-electron chi connectivity index (χ1n) is 11.8. The minimum Gasteiger partial charge on any atom is -0.356 e. The molecule has 5 aromatic rings. The summed E-state index contributed by atoms with van der Waals surface area (Å²) < 4.78 is 2.24. The van der Waals surface area contributed by atoms with Crippen molar-refractivity contribution in [3.8, 4) is 0 Å². The Morgan fingerprint density at radius 1 is 0.853 bits per heavy atom. The first-order valence-corrected chi connectivity index (χ1v) is 11.8. The first kappa shape index (κ1) is 20.7. The van der Waals surface area contributed by atoms with E-state index in [4.69, 9.17) is 4.98 Å². The molecule has 172 valence electrons. The van der Waals surface area contributed by atoms with E-state index in [9.17, 15) is 4.79 Å². The van der Waals surface area contributed by atoms with Crippen LogP contribution in [0.15, 0.2) is 71.7 Å². The quantitative estimate of drug-likeness (QED) is 0.384. The number of benzene rings is 2. The summed E-state index contributed by atoms with van der Waals surface area (Å²) in [5, 5.41) is 3.88. The van der Waals surface area contributed by atoms with Gasteiger partial charge in [-0.2, -0.15) is 0 Å². The number of piperazine rings is 1. The van der Waals surface area contributed by atoms with Gasteiger partial charge in [-0.25, -0.2) is 9.97 Å². The molecule has 34 heavy (non-hydrogen) atoms. The van der Waals surface area contributed by atoms with Crippen LogP contribution >= 0.6 is 0 Å². The molecule has 0 radical (unpaired) electrons. The number of nitrogens with zero attached hydrogens (tertiary/aromatic N) is 5. The average molecular weight is 454 g/mol. The van der Waals surface area contributed by atoms with Gasteiger partial charge in [0.15, 0.2) is 5.82 Å². The molecule has 2 N–H and O–H groups in total. The van der Waals surface area contributed by atoms with Crippen molar-refractivity contribution < 1.29 is 0 Å². The van der Waals surface area contributed by atoms with E-state index in [-0.39, 0.29) is 5.56 Å². The lowest BCUT2D eigenvalue weighted by atomic mass is 10.2. The highest BCUT2D eigenvalue weighted by Crippen LogP contribution is 2.26. The smallest absolute Gasteiger partial charge is 0.260 e. The van der Waals surface area contributed by atoms with Gasteiger partial charge in [0.25, 0.3) is 5.56 Å². The van der Waals surface area contributed by atoms with E-state index in [2.05, 4.69) is 66.0 Å². The fourth-order valence-electron chi connectivity index (χ4n) is 4.80. The van der Waals surface area contributed by atoms with Crippen LogP contribution in [0.5, 0.6) is 0 Å². The maximum Gasteiger partial charge on any atom is 0.260 e. The maximum atomic E-state index is 12.2. The summed E-state index contributed by atoms with van der Waals surface area (Å²) in [6, 6.07) is 19.9. The summed E-state index contributed by atoms with van der Waals surface area (Å²) in [6.07, 6.45) is 3.09. The zero-order chi connectivity index (χ0) is 22.9. The average Bonchev–Trinajstić information content (AvgIpc) is 3.37. The molecule has 8 nitrogen and oxygen atoms in total. The summed E-state index contributed by atoms with van der Waals surface area (Å²) in [6.45, 7) is 5.69. The molecular weight excluding hydrogens is 426 g/mol. The van der Waals surface area contributed by atoms with Gasteiger partial charge in [-0.15, -0.1) is 0 Å². The lowest BCUT2D eigenvalue weighted by Crippen LogP contribution is -2.47. The molecule has 3 aromatic heterocycles. The van der Waals surface area contributed by atoms with E-state index in [0.717, 1.165) is 68.1 Å². The van der Waals surface area contributed by atoms with Gasteiger partial charge in [0.2, 0.25) is 5.95 Å². The van der Waals surface area contributed by atoms with Crippen LogP contribution in [0, 0.1) is 0 Å². The molecule has 0 unspecified atom stereocenters. The number of aromatic amines is 1. The molecule has 0 aliphatic carbocycles. The van der Waals surface area contributed by atoms with Gasteiger partial charge in [0.1, 0.15) is 0 Å². The van der Waals surface area contributed by atoms with Crippen LogP contribution < -0.4 is 15.8 Å². The molecular formula is C26H27N7O. The van der Waals surface area contributed by atoms with Crippen LogP contribution in [0.2, 0.25) is 0 Å². The highest BCUT2D eigenvalue weighted by Gasteiger charge is 2.20. The SMILES string of the molecule is O=c1[nH]c(NCCCN2CCN(c3nc4ccccc4n4cccc34)CC2)nc2ccccc12. The number of nitrogens with one attached hydrogen (secondary N) is 2. The first-order chi connectivity index (χ1) is 16.8. The van der Waals surface area contributed by atoms with Gasteiger partial charge >= 0.3 is 0 Å². The third-order valence-corrected chi connectivity index (χ3v) is 6.57. The van der Waals surface area contributed by atoms with E-state index in [1.54, 1.807) is 6.07 Å². The Labute approximate surface area is 196 Å². The van der Waals surface area contributed by atoms with Crippen LogP contribution in [0.25, 0.3) is 27.5 Å². The predicted octanol–water partition coefficient (Wildman–Crippen LogP) is 3.35. The topological polar surface area (TPSA) is 81.6 Å². The van der Waals surface area contributed by atoms with Crippen molar-refractivity contribution in [1.29, 1.82) is 0 Å². The molecule has 0 saturated carbocycles. The fraction of sp³-hybridized carbons (Fsp3) is 0.269. The summed E-state index contributed by atoms with van der Waals surface area (Å²) in [5.41, 5.74) is 3.93. The van der Waals surface area contributed by atoms with Crippen molar-refractivity contribution in [1.82, 2.24) is 24.3 Å². The van der Waals surface area contributed by atoms with Crippen LogP contribution in [0.3, 0.4) is 0 Å². The monoisotopic (exact) mass is 453 g/mol. The Morgan fingerprint density at radius 2 is 1.62 bits per heavy atom. The molecule has 1 aliphatic rings. The van der Waals surface area contributed by atoms with Gasteiger partial charge in [-0.05, 0) is 49.4 Å². The van der Waals surface area contributed by atoms with Gasteiger partial charge in [0, 0.05) is 38.9 Å². The van der Waals surface area contributed by atoms with Crippen molar-refractivity contribution in [3.05, 3.63) is 77.2 Å². The largest absolute Gasteiger partial charge is 0.356 e. The molecule has 2 aromatic carbocycles. The summed E-state index contributed by atoms with van der Waals surface area (Å²) in [4.78, 5) is 29.4. The van der Waals surface area contributed by atoms with Crippen LogP contribution in [-0.2, 0) is 0 Å². The van der Waals surface area contributed by atoms with E-state index in [1.807, 2.05) is 24.3 Å². The fourth-order valence-corrected chi connectivity index (χ4v) is 4.80. The number of fused-ring (bicyclic) bond motifs is 4. The lowest BCUT2D eigenvalue weighted by molar-refractivity contribution is 0.257. The second-order valence-electron chi connectivity index (χ2n) is 8.73. The van der Waals surface area contributed by atoms with Crippen LogP contribution in [-0.4, -0.2) is 63.5 Å². The Bertz CT molecular complexity index is 1510. The normalized spacial score (nSPS) is 14.9. The molecule has 0 amide bonds. The third kappa shape index (κ3) is 3.86. The van der Waals surface area contributed by atoms with Gasteiger partial charge in [-0.3, -0.25) is 14.7 Å². The number of anilines is 2. The van der Waals surface area contributed by atoms with Crippen LogP contribution in [0.4, 0.5) is 11.8 Å². The maximum absolute atomic E-state index is 12.2. The predicted molar refractivity (Wildman–Crippen MR) is 137 cm³/mol. The zero-order valence-corrected chi connectivity index (χ0v) is 18.9. The van der Waals surface area contributed by atoms with Crippen molar-refractivity contribution in [2.45, 2.75) is 6.42 Å². The highest BCUT2D eigenvalue weighted by atomic mass is 16.1. The molecule has 0 bridgehead atoms. The molecule has 1 saturated heterocycles. The second-order valence-corrected chi connectivity index (χ2v) is 8.73. The molecule has 0 atom stereocenters. The van der Waals surface area contributed by atoms with Gasteiger partial charge < -0.3 is 14.6 Å². The lowest BCUT2D eigenvalue weighted by Gasteiger charge is -2.35. The molecule has 1 aliphatic heterocycles. The van der Waals surface area contributed by atoms with E-state index in [0.29, 0.717) is 16.9 Å². The van der Waals surface area contributed by atoms with Crippen LogP contribution in [0.1, 0.15) is 6.42 Å². The van der Waals surface area contributed by atoms with Crippen molar-refractivity contribution in [2.24, 2.45) is 0 Å². The second kappa shape index (κ2) is 8.79. The number of hydrogen-bond donors (Lipinski definition) is 2. The summed E-state index contributed by atoms with van der Waals surface area (Å²) in [5.74, 6) is 1.60. The minimum absolute atomic E-state index is 0.108. The Morgan fingerprint density at radius 3 is 2.50 bits per heavy atom. The Kier molecular flexibility index (Phi) is 5.35.